The lowest BCUT2D eigenvalue weighted by atomic mass is 10.0. The molecule has 1 aliphatic heterocycles. The first-order valence-corrected chi connectivity index (χ1v) is 8.26. The molecule has 112 valence electrons. The Balaban J connectivity index is 1.95. The fourth-order valence-electron chi connectivity index (χ4n) is 2.42. The molecule has 6 heteroatoms. The van der Waals surface area contributed by atoms with Crippen molar-refractivity contribution in [3.05, 3.63) is 29.6 Å². The summed E-state index contributed by atoms with van der Waals surface area (Å²) in [5, 5.41) is 0. The Morgan fingerprint density at radius 1 is 1.45 bits per heavy atom. The number of hydrogen-bond acceptors (Lipinski definition) is 4. The lowest BCUT2D eigenvalue weighted by Gasteiger charge is -2.27. The van der Waals surface area contributed by atoms with E-state index in [2.05, 4.69) is 4.90 Å². The first-order chi connectivity index (χ1) is 9.61. The van der Waals surface area contributed by atoms with Gasteiger partial charge in [0.2, 0.25) is 0 Å². The number of methoxy groups -OCH3 is 1. The molecule has 1 aromatic carbocycles. The average molecular weight is 300 g/mol. The van der Waals surface area contributed by atoms with Gasteiger partial charge in [-0.25, -0.2) is 4.39 Å². The molecule has 0 spiro atoms. The van der Waals surface area contributed by atoms with Crippen LogP contribution in [0.4, 0.5) is 4.39 Å². The van der Waals surface area contributed by atoms with Gasteiger partial charge >= 0.3 is 0 Å². The first kappa shape index (κ1) is 15.4. The molecule has 0 bridgehead atoms. The number of ether oxygens (including phenoxy) is 1. The zero-order valence-corrected chi connectivity index (χ0v) is 12.5. The second kappa shape index (κ2) is 7.15. The van der Waals surface area contributed by atoms with E-state index in [9.17, 15) is 8.60 Å². The molecule has 0 amide bonds. The minimum atomic E-state index is -0.673. The molecule has 2 rings (SSSR count). The summed E-state index contributed by atoms with van der Waals surface area (Å²) in [7, 11) is 0.846. The monoisotopic (exact) mass is 300 g/mol. The maximum absolute atomic E-state index is 13.9. The maximum Gasteiger partial charge on any atom is 0.131 e. The van der Waals surface area contributed by atoms with E-state index in [1.54, 1.807) is 12.1 Å². The van der Waals surface area contributed by atoms with Crippen LogP contribution in [0.15, 0.2) is 18.2 Å². The van der Waals surface area contributed by atoms with Gasteiger partial charge in [0.05, 0.1) is 7.11 Å². The van der Waals surface area contributed by atoms with Crippen LogP contribution in [0.3, 0.4) is 0 Å². The summed E-state index contributed by atoms with van der Waals surface area (Å²) < 4.78 is 30.4. The predicted octanol–water partition coefficient (Wildman–Crippen LogP) is 1.29. The second-order valence-corrected chi connectivity index (χ2v) is 6.64. The van der Waals surface area contributed by atoms with E-state index < -0.39 is 16.8 Å². The molecule has 1 atom stereocenters. The molecule has 1 aliphatic rings. The Kier molecular flexibility index (Phi) is 5.51. The van der Waals surface area contributed by atoms with Crippen molar-refractivity contribution in [2.45, 2.75) is 12.5 Å². The standard InChI is InChI=1S/C14H21FN2O2S/c1-19-13-4-2-3-11(15)14(13)12(16)5-6-17-7-9-20(18)10-8-17/h2-4,12H,5-10,16H2,1H3. The van der Waals surface area contributed by atoms with Crippen molar-refractivity contribution in [3.63, 3.8) is 0 Å². The van der Waals surface area contributed by atoms with Gasteiger partial charge in [0.25, 0.3) is 0 Å². The third kappa shape index (κ3) is 3.77. The van der Waals surface area contributed by atoms with E-state index in [1.165, 1.54) is 13.2 Å². The molecule has 1 unspecified atom stereocenters. The van der Waals surface area contributed by atoms with Gasteiger partial charge in [0.15, 0.2) is 0 Å². The van der Waals surface area contributed by atoms with Gasteiger partial charge in [0.1, 0.15) is 11.6 Å². The third-order valence-corrected chi connectivity index (χ3v) is 4.91. The maximum atomic E-state index is 13.9. The van der Waals surface area contributed by atoms with Crippen molar-refractivity contribution in [3.8, 4) is 5.75 Å². The number of hydrogen-bond donors (Lipinski definition) is 1. The van der Waals surface area contributed by atoms with Gasteiger partial charge in [-0.2, -0.15) is 0 Å². The highest BCUT2D eigenvalue weighted by atomic mass is 32.2. The minimum absolute atomic E-state index is 0.323. The van der Waals surface area contributed by atoms with Crippen LogP contribution in [0.2, 0.25) is 0 Å². The van der Waals surface area contributed by atoms with Gasteiger partial charge in [-0.3, -0.25) is 4.21 Å². The van der Waals surface area contributed by atoms with Crippen LogP contribution in [0.5, 0.6) is 5.75 Å². The summed E-state index contributed by atoms with van der Waals surface area (Å²) in [6.45, 7) is 2.44. The van der Waals surface area contributed by atoms with E-state index in [0.717, 1.165) is 31.1 Å². The predicted molar refractivity (Wildman–Crippen MR) is 78.8 cm³/mol. The lowest BCUT2D eigenvalue weighted by molar-refractivity contribution is 0.284. The van der Waals surface area contributed by atoms with Gasteiger partial charge in [-0.1, -0.05) is 6.07 Å². The minimum Gasteiger partial charge on any atom is -0.496 e. The largest absolute Gasteiger partial charge is 0.496 e. The highest BCUT2D eigenvalue weighted by Gasteiger charge is 2.20. The van der Waals surface area contributed by atoms with E-state index in [0.29, 0.717) is 17.7 Å². The van der Waals surface area contributed by atoms with Crippen LogP contribution in [0, 0.1) is 5.82 Å². The fourth-order valence-corrected chi connectivity index (χ4v) is 3.55. The topological polar surface area (TPSA) is 55.6 Å². The quantitative estimate of drug-likeness (QED) is 0.890. The van der Waals surface area contributed by atoms with Crippen LogP contribution in [-0.4, -0.2) is 47.4 Å². The van der Waals surface area contributed by atoms with Gasteiger partial charge in [-0.05, 0) is 18.6 Å². The molecule has 0 saturated carbocycles. The van der Waals surface area contributed by atoms with Crippen LogP contribution in [-0.2, 0) is 10.8 Å². The highest BCUT2D eigenvalue weighted by Crippen LogP contribution is 2.28. The molecule has 0 aliphatic carbocycles. The van der Waals surface area contributed by atoms with Crippen molar-refractivity contribution < 1.29 is 13.3 Å². The lowest BCUT2D eigenvalue weighted by Crippen LogP contribution is -2.39. The summed E-state index contributed by atoms with van der Waals surface area (Å²) in [5.74, 6) is 1.62. The molecule has 2 N–H and O–H groups in total. The smallest absolute Gasteiger partial charge is 0.131 e. The Morgan fingerprint density at radius 2 is 2.15 bits per heavy atom. The van der Waals surface area contributed by atoms with Crippen molar-refractivity contribution >= 4 is 10.8 Å². The first-order valence-electron chi connectivity index (χ1n) is 6.77. The number of halogens is 1. The van der Waals surface area contributed by atoms with Crippen molar-refractivity contribution in [2.75, 3.05) is 38.2 Å². The normalized spacial score (nSPS) is 18.9. The number of nitrogens with zero attached hydrogens (tertiary/aromatic N) is 1. The molecular formula is C14H21FN2O2S. The average Bonchev–Trinajstić information content (AvgIpc) is 2.46. The molecule has 1 aromatic rings. The Bertz CT molecular complexity index is 474. The number of nitrogens with two attached hydrogens (primary N) is 1. The van der Waals surface area contributed by atoms with Crippen LogP contribution < -0.4 is 10.5 Å². The van der Waals surface area contributed by atoms with Crippen molar-refractivity contribution in [2.24, 2.45) is 5.73 Å². The molecule has 4 nitrogen and oxygen atoms in total. The Morgan fingerprint density at radius 3 is 2.80 bits per heavy atom. The van der Waals surface area contributed by atoms with Crippen molar-refractivity contribution in [1.82, 2.24) is 4.90 Å². The Hall–Kier alpha value is -0.980. The summed E-state index contributed by atoms with van der Waals surface area (Å²) in [5.41, 5.74) is 6.55. The third-order valence-electron chi connectivity index (χ3n) is 3.63. The Labute approximate surface area is 121 Å². The van der Waals surface area contributed by atoms with E-state index in [4.69, 9.17) is 10.5 Å². The highest BCUT2D eigenvalue weighted by molar-refractivity contribution is 7.85. The molecule has 1 heterocycles. The van der Waals surface area contributed by atoms with E-state index >= 15 is 0 Å². The molecule has 1 saturated heterocycles. The van der Waals surface area contributed by atoms with Crippen LogP contribution >= 0.6 is 0 Å². The molecule has 20 heavy (non-hydrogen) atoms. The second-order valence-electron chi connectivity index (χ2n) is 4.94. The fraction of sp³-hybridized carbons (Fsp3) is 0.571. The van der Waals surface area contributed by atoms with Gasteiger partial charge in [-0.15, -0.1) is 0 Å². The van der Waals surface area contributed by atoms with E-state index in [1.807, 2.05) is 0 Å². The zero-order chi connectivity index (χ0) is 14.5. The number of rotatable bonds is 5. The SMILES string of the molecule is COc1cccc(F)c1C(N)CCN1CCS(=O)CC1. The van der Waals surface area contributed by atoms with Gasteiger partial charge < -0.3 is 15.4 Å². The van der Waals surface area contributed by atoms with Crippen LogP contribution in [0.1, 0.15) is 18.0 Å². The summed E-state index contributed by atoms with van der Waals surface area (Å²) in [6, 6.07) is 4.35. The molecular weight excluding hydrogens is 279 g/mol. The van der Waals surface area contributed by atoms with Gasteiger partial charge in [0, 0.05) is 53.5 Å². The summed E-state index contributed by atoms with van der Waals surface area (Å²) in [4.78, 5) is 2.23. The molecule has 0 radical (unpaired) electrons. The summed E-state index contributed by atoms with van der Waals surface area (Å²) in [6.07, 6.45) is 0.657. The zero-order valence-electron chi connectivity index (χ0n) is 11.7. The summed E-state index contributed by atoms with van der Waals surface area (Å²) >= 11 is 0. The molecule has 1 fully saturated rings. The van der Waals surface area contributed by atoms with Crippen LogP contribution in [0.25, 0.3) is 0 Å². The molecule has 0 aromatic heterocycles. The number of benzene rings is 1. The van der Waals surface area contributed by atoms with E-state index in [-0.39, 0.29) is 5.82 Å². The van der Waals surface area contributed by atoms with Crippen molar-refractivity contribution in [1.29, 1.82) is 0 Å².